The van der Waals surface area contributed by atoms with E-state index in [4.69, 9.17) is 0 Å². The molecule has 0 unspecified atom stereocenters. The zero-order valence-corrected chi connectivity index (χ0v) is 18.7. The van der Waals surface area contributed by atoms with Crippen LogP contribution in [0.5, 0.6) is 0 Å². The second kappa shape index (κ2) is 8.72. The van der Waals surface area contributed by atoms with Gasteiger partial charge in [-0.2, -0.15) is 4.99 Å². The second-order valence-corrected chi connectivity index (χ2v) is 8.48. The smallest absolute Gasteiger partial charge is 0.279 e. The van der Waals surface area contributed by atoms with E-state index in [9.17, 15) is 14.9 Å². The van der Waals surface area contributed by atoms with Gasteiger partial charge in [0.15, 0.2) is 4.80 Å². The Balaban J connectivity index is 1.86. The first-order valence-electron chi connectivity index (χ1n) is 10.0. The van der Waals surface area contributed by atoms with Crippen LogP contribution in [0.15, 0.2) is 77.8 Å². The van der Waals surface area contributed by atoms with E-state index in [-0.39, 0.29) is 5.69 Å². The zero-order chi connectivity index (χ0) is 22.8. The molecule has 160 valence electrons. The molecule has 3 aromatic carbocycles. The molecule has 0 atom stereocenters. The van der Waals surface area contributed by atoms with Crippen molar-refractivity contribution < 1.29 is 9.72 Å². The molecular formula is C25H21N3O3S. The zero-order valence-electron chi connectivity index (χ0n) is 17.9. The lowest BCUT2D eigenvalue weighted by atomic mass is 10.0. The van der Waals surface area contributed by atoms with Gasteiger partial charge in [-0.15, -0.1) is 0 Å². The largest absolute Gasteiger partial charge is 0.319 e. The normalized spacial score (nSPS) is 11.5. The van der Waals surface area contributed by atoms with Crippen molar-refractivity contribution in [2.45, 2.75) is 13.8 Å². The molecule has 6 nitrogen and oxygen atoms in total. The molecule has 7 heteroatoms. The number of amides is 1. The standard InChI is InChI=1S/C25H21N3O3S/c1-16-9-10-20(15-17(16)2)22-23(18-7-5-4-6-8-18)32-25(27(22)3)26-24(29)19-11-13-21(14-12-19)28(30)31/h4-15H,1-3H3. The molecule has 4 rings (SSSR count). The van der Waals surface area contributed by atoms with Crippen molar-refractivity contribution in [3.63, 3.8) is 0 Å². The van der Waals surface area contributed by atoms with E-state index in [1.54, 1.807) is 0 Å². The fraction of sp³-hybridized carbons (Fsp3) is 0.120. The van der Waals surface area contributed by atoms with Gasteiger partial charge in [-0.25, -0.2) is 0 Å². The van der Waals surface area contributed by atoms with Gasteiger partial charge in [-0.05, 0) is 54.3 Å². The summed E-state index contributed by atoms with van der Waals surface area (Å²) in [6.45, 7) is 4.16. The van der Waals surface area contributed by atoms with Crippen molar-refractivity contribution >= 4 is 22.9 Å². The van der Waals surface area contributed by atoms with E-state index < -0.39 is 10.8 Å². The molecule has 0 spiro atoms. The number of carbonyl (C=O) groups excluding carboxylic acids is 1. The Bertz CT molecular complexity index is 1380. The maximum Gasteiger partial charge on any atom is 0.279 e. The number of non-ortho nitro benzene ring substituents is 1. The highest BCUT2D eigenvalue weighted by atomic mass is 32.1. The summed E-state index contributed by atoms with van der Waals surface area (Å²) in [5.74, 6) is -0.442. The van der Waals surface area contributed by atoms with Crippen LogP contribution < -0.4 is 4.80 Å². The first-order valence-corrected chi connectivity index (χ1v) is 10.8. The summed E-state index contributed by atoms with van der Waals surface area (Å²) < 4.78 is 1.93. The number of nitro groups is 1. The minimum atomic E-state index is -0.493. The Morgan fingerprint density at radius 1 is 0.938 bits per heavy atom. The van der Waals surface area contributed by atoms with Gasteiger partial charge in [-0.1, -0.05) is 53.8 Å². The van der Waals surface area contributed by atoms with E-state index >= 15 is 0 Å². The molecule has 4 aromatic rings. The van der Waals surface area contributed by atoms with Crippen LogP contribution in [0.3, 0.4) is 0 Å². The van der Waals surface area contributed by atoms with Crippen LogP contribution >= 0.6 is 11.3 Å². The minimum absolute atomic E-state index is 0.0633. The Morgan fingerprint density at radius 3 is 2.25 bits per heavy atom. The van der Waals surface area contributed by atoms with Gasteiger partial charge in [0.25, 0.3) is 11.6 Å². The third-order valence-corrected chi connectivity index (χ3v) is 6.55. The lowest BCUT2D eigenvalue weighted by molar-refractivity contribution is -0.384. The van der Waals surface area contributed by atoms with Crippen molar-refractivity contribution in [3.8, 4) is 21.7 Å². The summed E-state index contributed by atoms with van der Waals surface area (Å²) in [5.41, 5.74) is 5.73. The molecule has 0 aliphatic rings. The number of carbonyl (C=O) groups is 1. The van der Waals surface area contributed by atoms with Crippen molar-refractivity contribution in [2.75, 3.05) is 0 Å². The van der Waals surface area contributed by atoms with Crippen molar-refractivity contribution in [1.82, 2.24) is 4.57 Å². The summed E-state index contributed by atoms with van der Waals surface area (Å²) in [5, 5.41) is 10.9. The summed E-state index contributed by atoms with van der Waals surface area (Å²) >= 11 is 1.44. The van der Waals surface area contributed by atoms with Gasteiger partial charge in [0.1, 0.15) is 0 Å². The van der Waals surface area contributed by atoms with E-state index in [2.05, 4.69) is 37.0 Å². The predicted molar refractivity (Wildman–Crippen MR) is 127 cm³/mol. The van der Waals surface area contributed by atoms with Gasteiger partial charge >= 0.3 is 0 Å². The highest BCUT2D eigenvalue weighted by Gasteiger charge is 2.17. The molecular weight excluding hydrogens is 422 g/mol. The first-order chi connectivity index (χ1) is 15.3. The van der Waals surface area contributed by atoms with Crippen LogP contribution in [0.2, 0.25) is 0 Å². The van der Waals surface area contributed by atoms with Gasteiger partial charge in [0.05, 0.1) is 15.5 Å². The third kappa shape index (κ3) is 4.15. The van der Waals surface area contributed by atoms with Crippen LogP contribution in [-0.4, -0.2) is 15.4 Å². The molecule has 1 heterocycles. The fourth-order valence-corrected chi connectivity index (χ4v) is 4.57. The topological polar surface area (TPSA) is 77.5 Å². The number of thiazole rings is 1. The molecule has 0 saturated heterocycles. The van der Waals surface area contributed by atoms with Crippen molar-refractivity contribution in [3.05, 3.63) is 104 Å². The van der Waals surface area contributed by atoms with E-state index in [0.717, 1.165) is 21.7 Å². The quantitative estimate of drug-likeness (QED) is 0.300. The summed E-state index contributed by atoms with van der Waals surface area (Å²) in [6.07, 6.45) is 0. The van der Waals surface area contributed by atoms with Gasteiger partial charge in [0, 0.05) is 24.7 Å². The summed E-state index contributed by atoms with van der Waals surface area (Å²) in [4.78, 5) is 29.1. The van der Waals surface area contributed by atoms with Gasteiger partial charge < -0.3 is 4.57 Å². The maximum absolute atomic E-state index is 12.8. The Kier molecular flexibility index (Phi) is 5.83. The fourth-order valence-electron chi connectivity index (χ4n) is 3.43. The molecule has 0 aliphatic carbocycles. The van der Waals surface area contributed by atoms with Crippen molar-refractivity contribution in [1.29, 1.82) is 0 Å². The maximum atomic E-state index is 12.8. The first kappa shape index (κ1) is 21.4. The van der Waals surface area contributed by atoms with E-state index in [1.165, 1.54) is 46.7 Å². The number of nitro benzene ring substituents is 1. The summed E-state index contributed by atoms with van der Waals surface area (Å²) in [7, 11) is 1.90. The van der Waals surface area contributed by atoms with Crippen LogP contribution in [-0.2, 0) is 7.05 Å². The number of aryl methyl sites for hydroxylation is 2. The molecule has 1 amide bonds. The lowest BCUT2D eigenvalue weighted by Crippen LogP contribution is -2.14. The van der Waals surface area contributed by atoms with Crippen LogP contribution in [0, 0.1) is 24.0 Å². The predicted octanol–water partition coefficient (Wildman–Crippen LogP) is 5.69. The van der Waals surface area contributed by atoms with Gasteiger partial charge in [-0.3, -0.25) is 14.9 Å². The number of benzene rings is 3. The van der Waals surface area contributed by atoms with Crippen LogP contribution in [0.1, 0.15) is 21.5 Å². The Hall–Kier alpha value is -3.84. The number of hydrogen-bond acceptors (Lipinski definition) is 4. The molecule has 0 radical (unpaired) electrons. The second-order valence-electron chi connectivity index (χ2n) is 7.51. The molecule has 0 N–H and O–H groups in total. The number of aromatic nitrogens is 1. The van der Waals surface area contributed by atoms with Crippen molar-refractivity contribution in [2.24, 2.45) is 12.0 Å². The molecule has 1 aromatic heterocycles. The van der Waals surface area contributed by atoms with Gasteiger partial charge in [0.2, 0.25) is 0 Å². The highest BCUT2D eigenvalue weighted by molar-refractivity contribution is 7.13. The molecule has 32 heavy (non-hydrogen) atoms. The molecule has 0 saturated carbocycles. The summed E-state index contributed by atoms with van der Waals surface area (Å²) in [6, 6.07) is 21.8. The monoisotopic (exact) mass is 443 g/mol. The Labute approximate surface area is 189 Å². The van der Waals surface area contributed by atoms with E-state index in [1.807, 2.05) is 41.9 Å². The lowest BCUT2D eigenvalue weighted by Gasteiger charge is -2.09. The SMILES string of the molecule is Cc1ccc(-c2c(-c3ccccc3)sc(=NC(=O)c3ccc([N+](=O)[O-])cc3)n2C)cc1C. The highest BCUT2D eigenvalue weighted by Crippen LogP contribution is 2.35. The number of rotatable bonds is 4. The average molecular weight is 444 g/mol. The Morgan fingerprint density at radius 2 is 1.62 bits per heavy atom. The number of hydrogen-bond donors (Lipinski definition) is 0. The van der Waals surface area contributed by atoms with Crippen LogP contribution in [0.4, 0.5) is 5.69 Å². The van der Waals surface area contributed by atoms with Crippen LogP contribution in [0.25, 0.3) is 21.7 Å². The molecule has 0 bridgehead atoms. The molecule has 0 fully saturated rings. The number of nitrogens with zero attached hydrogens (tertiary/aromatic N) is 3. The third-order valence-electron chi connectivity index (χ3n) is 5.37. The van der Waals surface area contributed by atoms with E-state index in [0.29, 0.717) is 10.4 Å². The average Bonchev–Trinajstić information content (AvgIpc) is 3.12. The minimum Gasteiger partial charge on any atom is -0.319 e. The molecule has 0 aliphatic heterocycles.